The van der Waals surface area contributed by atoms with Gasteiger partial charge in [0.05, 0.1) is 29.5 Å². The standard InChI is InChI=1S/C31H31FN4O3S/c1-4-20(2)33-26(37)18-35-27(38)19-40-30(22-11-8-12-23(32)17-22)28-29(21-9-6-5-7-10-21)34-36(31(28)35)24-13-15-25(39-3)16-14-24/h5-17,20,30H,4,18-19H2,1-3H3,(H,33,37)/t20-,30-/m0/s1. The lowest BCUT2D eigenvalue weighted by Gasteiger charge is -2.24. The molecule has 40 heavy (non-hydrogen) atoms. The molecular weight excluding hydrogens is 527 g/mol. The number of nitrogens with one attached hydrogen (secondary N) is 1. The van der Waals surface area contributed by atoms with E-state index in [1.165, 1.54) is 28.8 Å². The van der Waals surface area contributed by atoms with Gasteiger partial charge in [0.25, 0.3) is 0 Å². The summed E-state index contributed by atoms with van der Waals surface area (Å²) >= 11 is 1.41. The second kappa shape index (κ2) is 12.0. The van der Waals surface area contributed by atoms with Gasteiger partial charge < -0.3 is 10.1 Å². The Balaban J connectivity index is 1.77. The fourth-order valence-electron chi connectivity index (χ4n) is 4.73. The van der Waals surface area contributed by atoms with E-state index in [-0.39, 0.29) is 36.0 Å². The number of halogens is 1. The lowest BCUT2D eigenvalue weighted by Crippen LogP contribution is -2.44. The van der Waals surface area contributed by atoms with Crippen LogP contribution in [0.2, 0.25) is 0 Å². The van der Waals surface area contributed by atoms with E-state index in [1.807, 2.05) is 74.5 Å². The molecule has 0 unspecified atom stereocenters. The highest BCUT2D eigenvalue weighted by molar-refractivity contribution is 8.00. The van der Waals surface area contributed by atoms with Crippen molar-refractivity contribution in [3.05, 3.63) is 95.8 Å². The number of amides is 2. The molecule has 1 aliphatic rings. The summed E-state index contributed by atoms with van der Waals surface area (Å²) in [4.78, 5) is 28.4. The van der Waals surface area contributed by atoms with E-state index in [0.717, 1.165) is 23.1 Å². The van der Waals surface area contributed by atoms with Crippen LogP contribution in [0.1, 0.15) is 36.6 Å². The van der Waals surface area contributed by atoms with E-state index in [0.29, 0.717) is 22.9 Å². The molecule has 0 spiro atoms. The lowest BCUT2D eigenvalue weighted by atomic mass is 9.99. The zero-order valence-corrected chi connectivity index (χ0v) is 23.5. The van der Waals surface area contributed by atoms with E-state index in [1.54, 1.807) is 17.9 Å². The Morgan fingerprint density at radius 1 is 1.12 bits per heavy atom. The Bertz CT molecular complexity index is 1510. The molecule has 1 aliphatic heterocycles. The van der Waals surface area contributed by atoms with Crippen LogP contribution in [0, 0.1) is 5.82 Å². The third-order valence-corrected chi connectivity index (χ3v) is 8.18. The predicted molar refractivity (Wildman–Crippen MR) is 157 cm³/mol. The van der Waals surface area contributed by atoms with Gasteiger partial charge in [-0.3, -0.25) is 14.5 Å². The van der Waals surface area contributed by atoms with Crippen LogP contribution in [0.25, 0.3) is 16.9 Å². The molecule has 0 bridgehead atoms. The topological polar surface area (TPSA) is 76.5 Å². The first-order chi connectivity index (χ1) is 19.4. The molecule has 1 aromatic heterocycles. The van der Waals surface area contributed by atoms with Crippen molar-refractivity contribution in [1.82, 2.24) is 15.1 Å². The Labute approximate surface area is 237 Å². The van der Waals surface area contributed by atoms with Crippen LogP contribution in [0.4, 0.5) is 10.2 Å². The average molecular weight is 559 g/mol. The second-order valence-corrected chi connectivity index (χ2v) is 10.8. The molecule has 4 aromatic rings. The summed E-state index contributed by atoms with van der Waals surface area (Å²) in [7, 11) is 1.60. The Kier molecular flexibility index (Phi) is 8.21. The minimum Gasteiger partial charge on any atom is -0.497 e. The zero-order chi connectivity index (χ0) is 28.2. The van der Waals surface area contributed by atoms with Gasteiger partial charge in [-0.1, -0.05) is 49.4 Å². The normalized spacial score (nSPS) is 15.8. The minimum absolute atomic E-state index is 0.0325. The highest BCUT2D eigenvalue weighted by atomic mass is 32.2. The van der Waals surface area contributed by atoms with Crippen molar-refractivity contribution in [1.29, 1.82) is 0 Å². The maximum Gasteiger partial charge on any atom is 0.240 e. The number of hydrogen-bond donors (Lipinski definition) is 1. The monoisotopic (exact) mass is 558 g/mol. The molecule has 0 saturated heterocycles. The zero-order valence-electron chi connectivity index (χ0n) is 22.6. The van der Waals surface area contributed by atoms with E-state index in [2.05, 4.69) is 5.32 Å². The molecule has 206 valence electrons. The summed E-state index contributed by atoms with van der Waals surface area (Å²) in [5.41, 5.74) is 3.68. The molecule has 2 amide bonds. The highest BCUT2D eigenvalue weighted by Crippen LogP contribution is 2.48. The van der Waals surface area contributed by atoms with Crippen molar-refractivity contribution in [3.8, 4) is 22.7 Å². The van der Waals surface area contributed by atoms with Crippen molar-refractivity contribution in [2.75, 3.05) is 24.3 Å². The van der Waals surface area contributed by atoms with Crippen LogP contribution in [-0.2, 0) is 9.59 Å². The van der Waals surface area contributed by atoms with Gasteiger partial charge in [0.1, 0.15) is 23.9 Å². The number of thioether (sulfide) groups is 1. The van der Waals surface area contributed by atoms with Crippen LogP contribution in [-0.4, -0.2) is 47.0 Å². The van der Waals surface area contributed by atoms with E-state index in [9.17, 15) is 14.0 Å². The van der Waals surface area contributed by atoms with Gasteiger partial charge in [0.15, 0.2) is 0 Å². The number of fused-ring (bicyclic) bond motifs is 1. The largest absolute Gasteiger partial charge is 0.497 e. The number of carbonyl (C=O) groups is 2. The van der Waals surface area contributed by atoms with Gasteiger partial charge in [-0.05, 0) is 55.3 Å². The summed E-state index contributed by atoms with van der Waals surface area (Å²) in [5.74, 6) is 0.449. The second-order valence-electron chi connectivity index (χ2n) is 9.66. The number of ether oxygens (including phenoxy) is 1. The average Bonchev–Trinajstić information content (AvgIpc) is 3.30. The molecule has 2 atom stereocenters. The third-order valence-electron chi connectivity index (χ3n) is 6.93. The van der Waals surface area contributed by atoms with E-state index >= 15 is 0 Å². The Hall–Kier alpha value is -4.11. The Morgan fingerprint density at radius 3 is 2.55 bits per heavy atom. The maximum absolute atomic E-state index is 14.5. The quantitative estimate of drug-likeness (QED) is 0.297. The van der Waals surface area contributed by atoms with E-state index < -0.39 is 5.25 Å². The fourth-order valence-corrected chi connectivity index (χ4v) is 5.92. The molecule has 2 heterocycles. The predicted octanol–water partition coefficient (Wildman–Crippen LogP) is 5.77. The first-order valence-electron chi connectivity index (χ1n) is 13.2. The molecule has 0 aliphatic carbocycles. The number of methoxy groups -OCH3 is 1. The van der Waals surface area contributed by atoms with Crippen molar-refractivity contribution >= 4 is 29.4 Å². The first kappa shape index (κ1) is 27.5. The van der Waals surface area contributed by atoms with Crippen molar-refractivity contribution in [2.45, 2.75) is 31.6 Å². The Morgan fingerprint density at radius 2 is 1.88 bits per heavy atom. The lowest BCUT2D eigenvalue weighted by molar-refractivity contribution is -0.123. The fraction of sp³-hybridized carbons (Fsp3) is 0.258. The van der Waals surface area contributed by atoms with Gasteiger partial charge in [-0.25, -0.2) is 9.07 Å². The minimum atomic E-state index is -0.403. The highest BCUT2D eigenvalue weighted by Gasteiger charge is 2.37. The summed E-state index contributed by atoms with van der Waals surface area (Å²) in [5, 5.41) is 7.61. The van der Waals surface area contributed by atoms with Gasteiger partial charge in [-0.15, -0.1) is 11.8 Å². The summed E-state index contributed by atoms with van der Waals surface area (Å²) in [6.45, 7) is 3.76. The molecule has 1 N–H and O–H groups in total. The number of benzene rings is 3. The van der Waals surface area contributed by atoms with Crippen molar-refractivity contribution in [3.63, 3.8) is 0 Å². The van der Waals surface area contributed by atoms with Crippen LogP contribution in [0.15, 0.2) is 78.9 Å². The molecule has 0 saturated carbocycles. The van der Waals surface area contributed by atoms with Crippen LogP contribution in [0.3, 0.4) is 0 Å². The van der Waals surface area contributed by atoms with Gasteiger partial charge in [0.2, 0.25) is 11.8 Å². The van der Waals surface area contributed by atoms with Crippen LogP contribution >= 0.6 is 11.8 Å². The van der Waals surface area contributed by atoms with Crippen LogP contribution < -0.4 is 15.0 Å². The number of aromatic nitrogens is 2. The first-order valence-corrected chi connectivity index (χ1v) is 14.2. The molecule has 7 nitrogen and oxygen atoms in total. The SMILES string of the molecule is CC[C@H](C)NC(=O)CN1C(=O)CS[C@@H](c2cccc(F)c2)c2c(-c3ccccc3)nn(-c3ccc(OC)cc3)c21. The van der Waals surface area contributed by atoms with Crippen LogP contribution in [0.5, 0.6) is 5.75 Å². The number of hydrogen-bond acceptors (Lipinski definition) is 5. The van der Waals surface area contributed by atoms with E-state index in [4.69, 9.17) is 9.84 Å². The summed E-state index contributed by atoms with van der Waals surface area (Å²) in [6, 6.07) is 23.5. The number of nitrogens with zero attached hydrogens (tertiary/aromatic N) is 3. The van der Waals surface area contributed by atoms with Gasteiger partial charge >= 0.3 is 0 Å². The molecule has 3 aromatic carbocycles. The molecule has 0 fully saturated rings. The third kappa shape index (κ3) is 5.60. The number of anilines is 1. The summed E-state index contributed by atoms with van der Waals surface area (Å²) in [6.07, 6.45) is 0.768. The molecular formula is C31H31FN4O3S. The number of rotatable bonds is 8. The maximum atomic E-state index is 14.5. The van der Waals surface area contributed by atoms with Crippen molar-refractivity contribution < 1.29 is 18.7 Å². The molecule has 9 heteroatoms. The van der Waals surface area contributed by atoms with Gasteiger partial charge in [-0.2, -0.15) is 5.10 Å². The number of carbonyl (C=O) groups excluding carboxylic acids is 2. The molecule has 0 radical (unpaired) electrons. The van der Waals surface area contributed by atoms with Gasteiger partial charge in [0, 0.05) is 17.2 Å². The van der Waals surface area contributed by atoms with Crippen molar-refractivity contribution in [2.24, 2.45) is 0 Å². The smallest absolute Gasteiger partial charge is 0.240 e. The summed E-state index contributed by atoms with van der Waals surface area (Å²) < 4.78 is 21.5. The molecule has 5 rings (SSSR count).